The lowest BCUT2D eigenvalue weighted by atomic mass is 10.4. The quantitative estimate of drug-likeness (QED) is 0.584. The molecule has 1 aliphatic heterocycles. The van der Waals surface area contributed by atoms with Crippen molar-refractivity contribution < 1.29 is 24.2 Å². The van der Waals surface area contributed by atoms with Crippen molar-refractivity contribution in [2.45, 2.75) is 6.10 Å². The average Bonchev–Trinajstić information content (AvgIpc) is 2.35. The van der Waals surface area contributed by atoms with Crippen molar-refractivity contribution in [3.8, 4) is 0 Å². The number of amides is 1. The minimum absolute atomic E-state index is 0.116. The van der Waals surface area contributed by atoms with Crippen LogP contribution in [0.2, 0.25) is 0 Å². The highest BCUT2D eigenvalue weighted by Gasteiger charge is 2.22. The number of hydrogen-bond donors (Lipinski definition) is 2. The van der Waals surface area contributed by atoms with E-state index in [0.717, 1.165) is 0 Å². The van der Waals surface area contributed by atoms with Crippen molar-refractivity contribution in [2.24, 2.45) is 0 Å². The second-order valence-electron chi connectivity index (χ2n) is 2.32. The number of cyclic esters (lactones) is 1. The summed E-state index contributed by atoms with van der Waals surface area (Å²) in [5.41, 5.74) is 0. The van der Waals surface area contributed by atoms with Gasteiger partial charge in [0.15, 0.2) is 0 Å². The molecule has 6 heteroatoms. The summed E-state index contributed by atoms with van der Waals surface area (Å²) in [4.78, 5) is 20.4. The third kappa shape index (κ3) is 2.75. The topological polar surface area (TPSA) is 84.9 Å². The number of alkyl carbamates (subject to hydrolysis) is 1. The lowest BCUT2D eigenvalue weighted by Gasteiger charge is -2.05. The summed E-state index contributed by atoms with van der Waals surface area (Å²) >= 11 is 0. The van der Waals surface area contributed by atoms with Gasteiger partial charge in [-0.05, 0) is 0 Å². The zero-order valence-corrected chi connectivity index (χ0v) is 6.28. The fraction of sp³-hybridized carbons (Fsp3) is 0.667. The molecular formula is C6H9NO5. The Labute approximate surface area is 68.5 Å². The molecule has 1 atom stereocenters. The minimum Gasteiger partial charge on any atom is -0.480 e. The molecule has 1 amide bonds. The number of nitrogens with one attached hydrogen (secondary N) is 1. The summed E-state index contributed by atoms with van der Waals surface area (Å²) in [6.07, 6.45) is -0.851. The van der Waals surface area contributed by atoms with Crippen LogP contribution in [0.25, 0.3) is 0 Å². The third-order valence-corrected chi connectivity index (χ3v) is 1.28. The Kier molecular flexibility index (Phi) is 2.87. The monoisotopic (exact) mass is 175 g/mol. The fourth-order valence-electron chi connectivity index (χ4n) is 0.803. The molecule has 1 fully saturated rings. The highest BCUT2D eigenvalue weighted by Crippen LogP contribution is 1.99. The molecule has 12 heavy (non-hydrogen) atoms. The molecule has 1 aliphatic rings. The van der Waals surface area contributed by atoms with E-state index >= 15 is 0 Å². The number of carboxylic acid groups (broad SMARTS) is 1. The Balaban J connectivity index is 2.08. The normalized spacial score (nSPS) is 21.7. The molecule has 0 spiro atoms. The summed E-state index contributed by atoms with van der Waals surface area (Å²) in [7, 11) is 0. The zero-order chi connectivity index (χ0) is 8.97. The molecule has 1 rings (SSSR count). The van der Waals surface area contributed by atoms with Crippen molar-refractivity contribution in [3.05, 3.63) is 0 Å². The molecule has 2 N–H and O–H groups in total. The maximum Gasteiger partial charge on any atom is 0.407 e. The standard InChI is InChI=1S/C6H9NO5/c8-5(9)3-11-2-4-1-7-6(10)12-4/h4H,1-3H2,(H,7,10)(H,8,9). The van der Waals surface area contributed by atoms with Crippen molar-refractivity contribution in [3.63, 3.8) is 0 Å². The Morgan fingerprint density at radius 1 is 1.83 bits per heavy atom. The van der Waals surface area contributed by atoms with Crippen LogP contribution in [-0.2, 0) is 14.3 Å². The maximum absolute atomic E-state index is 10.4. The second-order valence-corrected chi connectivity index (χ2v) is 2.32. The van der Waals surface area contributed by atoms with Gasteiger partial charge in [-0.15, -0.1) is 0 Å². The zero-order valence-electron chi connectivity index (χ0n) is 6.28. The third-order valence-electron chi connectivity index (χ3n) is 1.28. The van der Waals surface area contributed by atoms with E-state index in [1.807, 2.05) is 0 Å². The van der Waals surface area contributed by atoms with Crippen molar-refractivity contribution in [2.75, 3.05) is 19.8 Å². The number of carbonyl (C=O) groups is 2. The van der Waals surface area contributed by atoms with Gasteiger partial charge in [0.2, 0.25) is 0 Å². The summed E-state index contributed by atoms with van der Waals surface area (Å²) in [5.74, 6) is -1.03. The Morgan fingerprint density at radius 2 is 2.58 bits per heavy atom. The number of hydrogen-bond acceptors (Lipinski definition) is 4. The van der Waals surface area contributed by atoms with Crippen LogP contribution in [-0.4, -0.2) is 43.0 Å². The van der Waals surface area contributed by atoms with Gasteiger partial charge in [0.1, 0.15) is 12.7 Å². The number of ether oxygens (including phenoxy) is 2. The van der Waals surface area contributed by atoms with E-state index in [4.69, 9.17) is 9.84 Å². The van der Waals surface area contributed by atoms with Gasteiger partial charge in [0.25, 0.3) is 0 Å². The molecule has 0 aromatic rings. The van der Waals surface area contributed by atoms with Gasteiger partial charge in [-0.2, -0.15) is 0 Å². The first-order valence-corrected chi connectivity index (χ1v) is 3.42. The van der Waals surface area contributed by atoms with Crippen LogP contribution in [0.4, 0.5) is 4.79 Å². The highest BCUT2D eigenvalue weighted by atomic mass is 16.6. The second kappa shape index (κ2) is 3.91. The van der Waals surface area contributed by atoms with E-state index < -0.39 is 12.1 Å². The first kappa shape index (κ1) is 8.79. The Bertz CT molecular complexity index is 192. The van der Waals surface area contributed by atoms with Gasteiger partial charge in [0.05, 0.1) is 13.2 Å². The van der Waals surface area contributed by atoms with E-state index in [9.17, 15) is 9.59 Å². The van der Waals surface area contributed by atoms with Crippen LogP contribution >= 0.6 is 0 Å². The van der Waals surface area contributed by atoms with Crippen LogP contribution in [0.5, 0.6) is 0 Å². The lowest BCUT2D eigenvalue weighted by Crippen LogP contribution is -2.22. The van der Waals surface area contributed by atoms with Crippen molar-refractivity contribution >= 4 is 12.1 Å². The molecular weight excluding hydrogens is 166 g/mol. The lowest BCUT2D eigenvalue weighted by molar-refractivity contribution is -0.142. The summed E-state index contributed by atoms with van der Waals surface area (Å²) in [6, 6.07) is 0. The molecule has 68 valence electrons. The van der Waals surface area contributed by atoms with Crippen LogP contribution < -0.4 is 5.32 Å². The molecule has 0 radical (unpaired) electrons. The predicted molar refractivity (Wildman–Crippen MR) is 36.7 cm³/mol. The first-order chi connectivity index (χ1) is 5.68. The molecule has 0 aliphatic carbocycles. The van der Waals surface area contributed by atoms with E-state index in [0.29, 0.717) is 6.54 Å². The molecule has 1 unspecified atom stereocenters. The van der Waals surface area contributed by atoms with E-state index in [-0.39, 0.29) is 19.3 Å². The van der Waals surface area contributed by atoms with Crippen LogP contribution in [0.3, 0.4) is 0 Å². The van der Waals surface area contributed by atoms with Crippen molar-refractivity contribution in [1.82, 2.24) is 5.32 Å². The summed E-state index contributed by atoms with van der Waals surface area (Å²) in [5, 5.41) is 10.6. The summed E-state index contributed by atoms with van der Waals surface area (Å²) in [6.45, 7) is 0.123. The van der Waals surface area contributed by atoms with Gasteiger partial charge >= 0.3 is 12.1 Å². The van der Waals surface area contributed by atoms with Crippen molar-refractivity contribution in [1.29, 1.82) is 0 Å². The average molecular weight is 175 g/mol. The summed E-state index contributed by atoms with van der Waals surface area (Å²) < 4.78 is 9.39. The van der Waals surface area contributed by atoms with Gasteiger partial charge in [-0.25, -0.2) is 9.59 Å². The van der Waals surface area contributed by atoms with E-state index in [1.54, 1.807) is 0 Å². The Morgan fingerprint density at radius 3 is 3.08 bits per heavy atom. The SMILES string of the molecule is O=C(O)COCC1CNC(=O)O1. The van der Waals surface area contributed by atoms with Gasteiger partial charge < -0.3 is 19.9 Å². The fourth-order valence-corrected chi connectivity index (χ4v) is 0.803. The van der Waals surface area contributed by atoms with Crippen LogP contribution in [0, 0.1) is 0 Å². The first-order valence-electron chi connectivity index (χ1n) is 3.42. The smallest absolute Gasteiger partial charge is 0.407 e. The van der Waals surface area contributed by atoms with Crippen LogP contribution in [0.1, 0.15) is 0 Å². The van der Waals surface area contributed by atoms with Gasteiger partial charge in [-0.3, -0.25) is 0 Å². The molecule has 0 aromatic heterocycles. The minimum atomic E-state index is -1.03. The number of carbonyl (C=O) groups excluding carboxylic acids is 1. The molecule has 0 bridgehead atoms. The van der Waals surface area contributed by atoms with Crippen LogP contribution in [0.15, 0.2) is 0 Å². The molecule has 1 saturated heterocycles. The molecule has 0 saturated carbocycles. The Hall–Kier alpha value is -1.30. The van der Waals surface area contributed by atoms with Gasteiger partial charge in [0, 0.05) is 0 Å². The van der Waals surface area contributed by atoms with Gasteiger partial charge in [-0.1, -0.05) is 0 Å². The predicted octanol–water partition coefficient (Wildman–Crippen LogP) is -0.804. The van der Waals surface area contributed by atoms with E-state index in [1.165, 1.54) is 0 Å². The molecule has 0 aromatic carbocycles. The van der Waals surface area contributed by atoms with E-state index in [2.05, 4.69) is 10.1 Å². The molecule has 6 nitrogen and oxygen atoms in total. The number of carboxylic acids is 1. The molecule has 1 heterocycles. The highest BCUT2D eigenvalue weighted by molar-refractivity contribution is 5.69. The maximum atomic E-state index is 10.4. The number of aliphatic carboxylic acids is 1. The largest absolute Gasteiger partial charge is 0.480 e. The number of rotatable bonds is 4.